The molecule has 8 nitrogen and oxygen atoms in total. The Hall–Kier alpha value is -4.06. The quantitative estimate of drug-likeness (QED) is 0.230. The third-order valence-corrected chi connectivity index (χ3v) is 5.54. The van der Waals surface area contributed by atoms with Gasteiger partial charge in [0, 0.05) is 28.8 Å². The lowest BCUT2D eigenvalue weighted by Crippen LogP contribution is -2.21. The SMILES string of the molecule is N#CC1=C(N)Oc2cc(OC(=O)c3ccc(Cl)cc3Cl)ccc2C1c1ccc([N+](=O)[O-])cc1. The molecule has 164 valence electrons. The molecule has 0 saturated carbocycles. The number of ether oxygens (including phenoxy) is 2. The van der Waals surface area contributed by atoms with E-state index in [2.05, 4.69) is 0 Å². The number of nitrogens with two attached hydrogens (primary N) is 1. The molecule has 1 atom stereocenters. The predicted molar refractivity (Wildman–Crippen MR) is 120 cm³/mol. The number of allylic oxidation sites excluding steroid dienone is 1. The van der Waals surface area contributed by atoms with Crippen molar-refractivity contribution in [3.05, 3.63) is 109 Å². The van der Waals surface area contributed by atoms with Crippen LogP contribution in [-0.4, -0.2) is 10.9 Å². The summed E-state index contributed by atoms with van der Waals surface area (Å²) in [6, 6.07) is 16.9. The standard InChI is InChI=1S/C23H13Cl2N3O5/c24-13-3-7-16(19(25)9-13)23(29)32-15-6-8-17-20(10-15)33-22(27)18(11-26)21(17)12-1-4-14(5-2-12)28(30)31/h1-10,21H,27H2. The lowest BCUT2D eigenvalue weighted by molar-refractivity contribution is -0.384. The van der Waals surface area contributed by atoms with Crippen LogP contribution >= 0.6 is 23.2 Å². The molecule has 1 heterocycles. The van der Waals surface area contributed by atoms with Gasteiger partial charge in [-0.1, -0.05) is 41.4 Å². The van der Waals surface area contributed by atoms with Gasteiger partial charge < -0.3 is 15.2 Å². The van der Waals surface area contributed by atoms with Crippen LogP contribution in [0.5, 0.6) is 11.5 Å². The van der Waals surface area contributed by atoms with Crippen molar-refractivity contribution < 1.29 is 19.2 Å². The van der Waals surface area contributed by atoms with E-state index in [0.717, 1.165) is 0 Å². The summed E-state index contributed by atoms with van der Waals surface area (Å²) in [7, 11) is 0. The first-order valence-corrected chi connectivity index (χ1v) is 10.2. The lowest BCUT2D eigenvalue weighted by atomic mass is 9.83. The maximum atomic E-state index is 12.5. The van der Waals surface area contributed by atoms with E-state index in [1.165, 1.54) is 36.4 Å². The second-order valence-corrected chi connectivity index (χ2v) is 7.83. The molecule has 0 fully saturated rings. The molecule has 0 spiro atoms. The Labute approximate surface area is 197 Å². The summed E-state index contributed by atoms with van der Waals surface area (Å²) >= 11 is 11.9. The van der Waals surface area contributed by atoms with Gasteiger partial charge in [-0.05, 0) is 29.8 Å². The zero-order chi connectivity index (χ0) is 23.7. The van der Waals surface area contributed by atoms with E-state index in [4.69, 9.17) is 38.4 Å². The van der Waals surface area contributed by atoms with Crippen molar-refractivity contribution in [3.63, 3.8) is 0 Å². The number of nitriles is 1. The second-order valence-electron chi connectivity index (χ2n) is 6.99. The van der Waals surface area contributed by atoms with Gasteiger partial charge in [0.05, 0.1) is 21.4 Å². The Morgan fingerprint density at radius 1 is 1.12 bits per heavy atom. The highest BCUT2D eigenvalue weighted by molar-refractivity contribution is 6.36. The van der Waals surface area contributed by atoms with E-state index in [9.17, 15) is 20.2 Å². The van der Waals surface area contributed by atoms with Crippen LogP contribution in [0, 0.1) is 21.4 Å². The van der Waals surface area contributed by atoms with E-state index >= 15 is 0 Å². The average molecular weight is 482 g/mol. The number of nitrogens with zero attached hydrogens (tertiary/aromatic N) is 2. The molecule has 0 aliphatic carbocycles. The summed E-state index contributed by atoms with van der Waals surface area (Å²) in [6.45, 7) is 0. The number of hydrogen-bond acceptors (Lipinski definition) is 7. The summed E-state index contributed by atoms with van der Waals surface area (Å²) in [4.78, 5) is 23.0. The number of esters is 1. The van der Waals surface area contributed by atoms with Gasteiger partial charge in [-0.15, -0.1) is 0 Å². The monoisotopic (exact) mass is 481 g/mol. The Bertz CT molecular complexity index is 1360. The van der Waals surface area contributed by atoms with E-state index in [0.29, 0.717) is 16.1 Å². The molecule has 10 heteroatoms. The zero-order valence-corrected chi connectivity index (χ0v) is 18.1. The van der Waals surface area contributed by atoms with Gasteiger partial charge in [-0.25, -0.2) is 4.79 Å². The minimum atomic E-state index is -0.694. The fourth-order valence-corrected chi connectivity index (χ4v) is 3.93. The molecule has 1 unspecified atom stereocenters. The van der Waals surface area contributed by atoms with Crippen LogP contribution in [0.2, 0.25) is 10.0 Å². The molecular formula is C23H13Cl2N3O5. The van der Waals surface area contributed by atoms with Crippen LogP contribution in [0.15, 0.2) is 72.1 Å². The average Bonchev–Trinajstić information content (AvgIpc) is 2.78. The third-order valence-electron chi connectivity index (χ3n) is 4.99. The van der Waals surface area contributed by atoms with Crippen LogP contribution in [0.1, 0.15) is 27.4 Å². The summed E-state index contributed by atoms with van der Waals surface area (Å²) in [5.41, 5.74) is 7.39. The fourth-order valence-electron chi connectivity index (χ4n) is 3.45. The maximum Gasteiger partial charge on any atom is 0.345 e. The molecule has 1 aliphatic heterocycles. The van der Waals surface area contributed by atoms with Gasteiger partial charge in [-0.3, -0.25) is 10.1 Å². The van der Waals surface area contributed by atoms with Crippen molar-refractivity contribution in [2.24, 2.45) is 5.73 Å². The van der Waals surface area contributed by atoms with Gasteiger partial charge in [0.1, 0.15) is 23.1 Å². The molecular weight excluding hydrogens is 469 g/mol. The van der Waals surface area contributed by atoms with Gasteiger partial charge in [-0.2, -0.15) is 5.26 Å². The fraction of sp³-hybridized carbons (Fsp3) is 0.0435. The predicted octanol–water partition coefficient (Wildman–Crippen LogP) is 5.34. The molecule has 3 aromatic carbocycles. The highest BCUT2D eigenvalue weighted by atomic mass is 35.5. The third kappa shape index (κ3) is 4.32. The second kappa shape index (κ2) is 8.82. The summed E-state index contributed by atoms with van der Waals surface area (Å²) in [5, 5.41) is 21.1. The minimum Gasteiger partial charge on any atom is -0.440 e. The largest absolute Gasteiger partial charge is 0.440 e. The first-order chi connectivity index (χ1) is 15.8. The minimum absolute atomic E-state index is 0.0791. The van der Waals surface area contributed by atoms with Gasteiger partial charge in [0.25, 0.3) is 5.69 Å². The van der Waals surface area contributed by atoms with Crippen LogP contribution in [-0.2, 0) is 0 Å². The van der Waals surface area contributed by atoms with Crippen molar-refractivity contribution in [3.8, 4) is 17.6 Å². The Morgan fingerprint density at radius 3 is 2.48 bits per heavy atom. The Morgan fingerprint density at radius 2 is 1.85 bits per heavy atom. The number of fused-ring (bicyclic) bond motifs is 1. The molecule has 4 rings (SSSR count). The molecule has 0 radical (unpaired) electrons. The first kappa shape index (κ1) is 22.1. The highest BCUT2D eigenvalue weighted by Crippen LogP contribution is 2.43. The summed E-state index contributed by atoms with van der Waals surface area (Å²) in [5.74, 6) is -0.976. The zero-order valence-electron chi connectivity index (χ0n) is 16.6. The van der Waals surface area contributed by atoms with Crippen LogP contribution in [0.3, 0.4) is 0 Å². The van der Waals surface area contributed by atoms with Crippen molar-refractivity contribution in [1.82, 2.24) is 0 Å². The molecule has 1 aliphatic rings. The van der Waals surface area contributed by atoms with Crippen molar-refractivity contribution in [2.75, 3.05) is 0 Å². The molecule has 3 aromatic rings. The number of hydrogen-bond donors (Lipinski definition) is 1. The summed E-state index contributed by atoms with van der Waals surface area (Å²) < 4.78 is 11.0. The van der Waals surface area contributed by atoms with Crippen LogP contribution in [0.25, 0.3) is 0 Å². The number of non-ortho nitro benzene ring substituents is 1. The molecule has 33 heavy (non-hydrogen) atoms. The van der Waals surface area contributed by atoms with E-state index in [1.54, 1.807) is 24.3 Å². The van der Waals surface area contributed by atoms with E-state index < -0.39 is 16.8 Å². The normalized spacial score (nSPS) is 14.6. The Kier molecular flexibility index (Phi) is 5.92. The van der Waals surface area contributed by atoms with Gasteiger partial charge >= 0.3 is 5.97 Å². The Balaban J connectivity index is 1.69. The maximum absolute atomic E-state index is 12.5. The van der Waals surface area contributed by atoms with Crippen LogP contribution in [0.4, 0.5) is 5.69 Å². The number of carbonyl (C=O) groups excluding carboxylic acids is 1. The lowest BCUT2D eigenvalue weighted by Gasteiger charge is -2.26. The molecule has 0 bridgehead atoms. The first-order valence-electron chi connectivity index (χ1n) is 9.41. The van der Waals surface area contributed by atoms with Crippen LogP contribution < -0.4 is 15.2 Å². The van der Waals surface area contributed by atoms with Gasteiger partial charge in [0.2, 0.25) is 5.88 Å². The number of benzene rings is 3. The number of nitro benzene ring substituents is 1. The number of carbonyl (C=O) groups is 1. The molecule has 0 saturated heterocycles. The number of nitro groups is 1. The number of rotatable bonds is 4. The molecule has 2 N–H and O–H groups in total. The van der Waals surface area contributed by atoms with Crippen molar-refractivity contribution in [1.29, 1.82) is 5.26 Å². The van der Waals surface area contributed by atoms with E-state index in [1.807, 2.05) is 6.07 Å². The topological polar surface area (TPSA) is 128 Å². The van der Waals surface area contributed by atoms with Crippen molar-refractivity contribution in [2.45, 2.75) is 5.92 Å². The van der Waals surface area contributed by atoms with E-state index in [-0.39, 0.29) is 39.2 Å². The smallest absolute Gasteiger partial charge is 0.345 e. The molecule has 0 aromatic heterocycles. The number of halogens is 2. The van der Waals surface area contributed by atoms with Crippen molar-refractivity contribution >= 4 is 34.9 Å². The molecule has 0 amide bonds. The highest BCUT2D eigenvalue weighted by Gasteiger charge is 2.31. The summed E-state index contributed by atoms with van der Waals surface area (Å²) in [6.07, 6.45) is 0. The van der Waals surface area contributed by atoms with Gasteiger partial charge in [0.15, 0.2) is 0 Å².